The monoisotopic (exact) mass is 240 g/mol. The van der Waals surface area contributed by atoms with Gasteiger partial charge in [0.25, 0.3) is 0 Å². The second-order valence-electron chi connectivity index (χ2n) is 5.21. The third kappa shape index (κ3) is 5.07. The van der Waals surface area contributed by atoms with Crippen LogP contribution in [0.25, 0.3) is 0 Å². The molecule has 2 N–H and O–H groups in total. The molecule has 0 aliphatic heterocycles. The average molecular weight is 240 g/mol. The summed E-state index contributed by atoms with van der Waals surface area (Å²) in [6.07, 6.45) is 7.43. The van der Waals surface area contributed by atoms with Crippen molar-refractivity contribution in [1.82, 2.24) is 4.90 Å². The fraction of sp³-hybridized carbons (Fsp3) is 0.929. The van der Waals surface area contributed by atoms with Gasteiger partial charge in [0.05, 0.1) is 0 Å². The molecular weight excluding hydrogens is 212 g/mol. The van der Waals surface area contributed by atoms with Crippen molar-refractivity contribution in [2.45, 2.75) is 64.8 Å². The van der Waals surface area contributed by atoms with Crippen molar-refractivity contribution in [3.8, 4) is 0 Å². The molecule has 0 aromatic rings. The van der Waals surface area contributed by atoms with E-state index >= 15 is 0 Å². The highest BCUT2D eigenvalue weighted by atomic mass is 16.2. The number of amides is 1. The molecule has 1 aliphatic rings. The van der Waals surface area contributed by atoms with Crippen molar-refractivity contribution in [2.75, 3.05) is 13.1 Å². The minimum absolute atomic E-state index is 0.366. The van der Waals surface area contributed by atoms with Gasteiger partial charge in [-0.15, -0.1) is 0 Å². The maximum atomic E-state index is 12.1. The Morgan fingerprint density at radius 3 is 2.53 bits per heavy atom. The summed E-state index contributed by atoms with van der Waals surface area (Å²) in [5.74, 6) is 0.997. The Balaban J connectivity index is 2.30. The summed E-state index contributed by atoms with van der Waals surface area (Å²) in [6, 6.07) is 0.567. The van der Waals surface area contributed by atoms with Crippen LogP contribution in [0.3, 0.4) is 0 Å². The minimum atomic E-state index is 0.366. The molecule has 17 heavy (non-hydrogen) atoms. The van der Waals surface area contributed by atoms with E-state index in [4.69, 9.17) is 5.73 Å². The molecule has 100 valence electrons. The Morgan fingerprint density at radius 1 is 1.35 bits per heavy atom. The van der Waals surface area contributed by atoms with Gasteiger partial charge in [0.2, 0.25) is 5.91 Å². The zero-order chi connectivity index (χ0) is 12.7. The maximum Gasteiger partial charge on any atom is 0.222 e. The van der Waals surface area contributed by atoms with Gasteiger partial charge in [0.1, 0.15) is 0 Å². The van der Waals surface area contributed by atoms with Crippen molar-refractivity contribution in [2.24, 2.45) is 11.7 Å². The van der Waals surface area contributed by atoms with Crippen LogP contribution >= 0.6 is 0 Å². The van der Waals surface area contributed by atoms with Gasteiger partial charge < -0.3 is 10.6 Å². The molecule has 0 bridgehead atoms. The fourth-order valence-electron chi connectivity index (χ4n) is 2.40. The van der Waals surface area contributed by atoms with Gasteiger partial charge in [-0.3, -0.25) is 4.79 Å². The van der Waals surface area contributed by atoms with Crippen LogP contribution in [-0.4, -0.2) is 29.9 Å². The molecule has 1 atom stereocenters. The minimum Gasteiger partial charge on any atom is -0.340 e. The molecule has 0 aromatic heterocycles. The molecule has 3 nitrogen and oxygen atoms in total. The molecule has 1 amide bonds. The maximum absolute atomic E-state index is 12.1. The largest absolute Gasteiger partial charge is 0.340 e. The van der Waals surface area contributed by atoms with Gasteiger partial charge in [0, 0.05) is 19.0 Å². The Kier molecular flexibility index (Phi) is 6.56. The summed E-state index contributed by atoms with van der Waals surface area (Å²) in [5, 5.41) is 0. The van der Waals surface area contributed by atoms with Crippen molar-refractivity contribution in [3.05, 3.63) is 0 Å². The van der Waals surface area contributed by atoms with Crippen molar-refractivity contribution in [1.29, 1.82) is 0 Å². The molecule has 1 saturated carbocycles. The molecule has 1 unspecified atom stereocenters. The van der Waals surface area contributed by atoms with E-state index < -0.39 is 0 Å². The van der Waals surface area contributed by atoms with Crippen LogP contribution in [0.5, 0.6) is 0 Å². The standard InChI is InChI=1S/C14H28N2O/c1-3-11-16(13-6-7-13)14(17)8-5-12(4-2)9-10-15/h12-13H,3-11,15H2,1-2H3. The first-order chi connectivity index (χ1) is 8.22. The summed E-state index contributed by atoms with van der Waals surface area (Å²) >= 11 is 0. The van der Waals surface area contributed by atoms with Gasteiger partial charge >= 0.3 is 0 Å². The first kappa shape index (κ1) is 14.5. The molecule has 1 aliphatic carbocycles. The van der Waals surface area contributed by atoms with E-state index in [1.807, 2.05) is 0 Å². The number of rotatable bonds is 9. The second kappa shape index (κ2) is 7.70. The van der Waals surface area contributed by atoms with Crippen LogP contribution in [0.4, 0.5) is 0 Å². The van der Waals surface area contributed by atoms with Crippen LogP contribution in [0.1, 0.15) is 58.8 Å². The molecule has 1 fully saturated rings. The van der Waals surface area contributed by atoms with E-state index in [0.717, 1.165) is 45.2 Å². The molecule has 0 radical (unpaired) electrons. The lowest BCUT2D eigenvalue weighted by atomic mass is 9.96. The Hall–Kier alpha value is -0.570. The van der Waals surface area contributed by atoms with E-state index in [1.54, 1.807) is 0 Å². The van der Waals surface area contributed by atoms with E-state index in [-0.39, 0.29) is 0 Å². The highest BCUT2D eigenvalue weighted by molar-refractivity contribution is 5.76. The van der Waals surface area contributed by atoms with Gasteiger partial charge in [-0.2, -0.15) is 0 Å². The molecule has 1 rings (SSSR count). The van der Waals surface area contributed by atoms with Crippen molar-refractivity contribution in [3.63, 3.8) is 0 Å². The van der Waals surface area contributed by atoms with Crippen LogP contribution in [-0.2, 0) is 4.79 Å². The number of nitrogens with two attached hydrogens (primary N) is 1. The van der Waals surface area contributed by atoms with Gasteiger partial charge in [-0.05, 0) is 44.6 Å². The van der Waals surface area contributed by atoms with Crippen LogP contribution < -0.4 is 5.73 Å². The summed E-state index contributed by atoms with van der Waals surface area (Å²) < 4.78 is 0. The van der Waals surface area contributed by atoms with Gasteiger partial charge in [-0.25, -0.2) is 0 Å². The number of hydrogen-bond acceptors (Lipinski definition) is 2. The number of carbonyl (C=O) groups is 1. The Morgan fingerprint density at radius 2 is 2.06 bits per heavy atom. The Labute approximate surface area is 106 Å². The summed E-state index contributed by atoms with van der Waals surface area (Å²) in [5.41, 5.74) is 5.58. The first-order valence-corrected chi connectivity index (χ1v) is 7.22. The average Bonchev–Trinajstić information content (AvgIpc) is 3.15. The topological polar surface area (TPSA) is 46.3 Å². The lowest BCUT2D eigenvalue weighted by Crippen LogP contribution is -2.33. The van der Waals surface area contributed by atoms with Gasteiger partial charge in [0.15, 0.2) is 0 Å². The Bertz CT molecular complexity index is 226. The zero-order valence-corrected chi connectivity index (χ0v) is 11.5. The summed E-state index contributed by atoms with van der Waals surface area (Å²) in [7, 11) is 0. The van der Waals surface area contributed by atoms with Crippen LogP contribution in [0, 0.1) is 5.92 Å². The van der Waals surface area contributed by atoms with Crippen molar-refractivity contribution >= 4 is 5.91 Å². The first-order valence-electron chi connectivity index (χ1n) is 7.22. The third-order valence-electron chi connectivity index (χ3n) is 3.69. The molecular formula is C14H28N2O. The lowest BCUT2D eigenvalue weighted by molar-refractivity contribution is -0.132. The highest BCUT2D eigenvalue weighted by Gasteiger charge is 2.31. The number of nitrogens with zero attached hydrogens (tertiary/aromatic N) is 1. The zero-order valence-electron chi connectivity index (χ0n) is 11.5. The van der Waals surface area contributed by atoms with E-state index in [2.05, 4.69) is 18.7 Å². The van der Waals surface area contributed by atoms with E-state index in [0.29, 0.717) is 17.9 Å². The second-order valence-corrected chi connectivity index (χ2v) is 5.21. The SMILES string of the molecule is CCCN(C(=O)CCC(CC)CCN)C1CC1. The summed E-state index contributed by atoms with van der Waals surface area (Å²) in [6.45, 7) is 6.02. The fourth-order valence-corrected chi connectivity index (χ4v) is 2.40. The predicted octanol–water partition coefficient (Wildman–Crippen LogP) is 2.54. The molecule has 0 spiro atoms. The summed E-state index contributed by atoms with van der Waals surface area (Å²) in [4.78, 5) is 14.2. The lowest BCUT2D eigenvalue weighted by Gasteiger charge is -2.23. The smallest absolute Gasteiger partial charge is 0.222 e. The van der Waals surface area contributed by atoms with Crippen molar-refractivity contribution < 1.29 is 4.79 Å². The number of hydrogen-bond donors (Lipinski definition) is 1. The number of carbonyl (C=O) groups excluding carboxylic acids is 1. The molecule has 3 heteroatoms. The van der Waals surface area contributed by atoms with Gasteiger partial charge in [-0.1, -0.05) is 20.3 Å². The molecule has 0 aromatic carbocycles. The van der Waals surface area contributed by atoms with Crippen LogP contribution in [0.15, 0.2) is 0 Å². The normalized spacial score (nSPS) is 16.9. The predicted molar refractivity (Wildman–Crippen MR) is 71.7 cm³/mol. The quantitative estimate of drug-likeness (QED) is 0.673. The third-order valence-corrected chi connectivity index (χ3v) is 3.69. The molecule has 0 saturated heterocycles. The van der Waals surface area contributed by atoms with E-state index in [1.165, 1.54) is 12.8 Å². The molecule has 0 heterocycles. The van der Waals surface area contributed by atoms with E-state index in [9.17, 15) is 4.79 Å². The van der Waals surface area contributed by atoms with Crippen LogP contribution in [0.2, 0.25) is 0 Å². The highest BCUT2D eigenvalue weighted by Crippen LogP contribution is 2.28.